The van der Waals surface area contributed by atoms with E-state index in [0.29, 0.717) is 6.54 Å². The topological polar surface area (TPSA) is 26.0 Å². The lowest BCUT2D eigenvalue weighted by atomic mass is 10.0. The first-order valence-corrected chi connectivity index (χ1v) is 5.20. The first-order chi connectivity index (χ1) is 6.22. The molecule has 2 heteroatoms. The van der Waals surface area contributed by atoms with Gasteiger partial charge in [0.1, 0.15) is 0 Å². The van der Waals surface area contributed by atoms with Gasteiger partial charge in [-0.15, -0.1) is 0 Å². The van der Waals surface area contributed by atoms with Gasteiger partial charge in [0.15, 0.2) is 0 Å². The standard InChI is InChI=1S/C11H12BrN/c1-7-4-9(12)5-11-8(6-13)2-3-10(7)11/h2,4-5H,3,6,13H2,1H3. The van der Waals surface area contributed by atoms with Crippen LogP contribution < -0.4 is 5.73 Å². The summed E-state index contributed by atoms with van der Waals surface area (Å²) in [6, 6.07) is 4.32. The van der Waals surface area contributed by atoms with Crippen LogP contribution in [-0.2, 0) is 6.42 Å². The van der Waals surface area contributed by atoms with E-state index in [0.717, 1.165) is 10.9 Å². The van der Waals surface area contributed by atoms with E-state index in [4.69, 9.17) is 5.73 Å². The highest BCUT2D eigenvalue weighted by Crippen LogP contribution is 2.31. The summed E-state index contributed by atoms with van der Waals surface area (Å²) in [5.74, 6) is 0. The van der Waals surface area contributed by atoms with Crippen LogP contribution in [0.15, 0.2) is 22.7 Å². The molecule has 0 fully saturated rings. The number of hydrogen-bond acceptors (Lipinski definition) is 1. The smallest absolute Gasteiger partial charge is 0.0184 e. The van der Waals surface area contributed by atoms with Crippen molar-refractivity contribution in [3.63, 3.8) is 0 Å². The molecule has 2 N–H and O–H groups in total. The molecule has 1 nitrogen and oxygen atoms in total. The third kappa shape index (κ3) is 1.45. The van der Waals surface area contributed by atoms with E-state index in [-0.39, 0.29) is 0 Å². The zero-order valence-corrected chi connectivity index (χ0v) is 9.19. The molecule has 13 heavy (non-hydrogen) atoms. The molecule has 0 saturated carbocycles. The Balaban J connectivity index is 2.58. The van der Waals surface area contributed by atoms with Crippen LogP contribution >= 0.6 is 15.9 Å². The largest absolute Gasteiger partial charge is 0.326 e. The van der Waals surface area contributed by atoms with E-state index in [1.807, 2.05) is 0 Å². The SMILES string of the molecule is Cc1cc(Br)cc2c1CC=C2CN. The van der Waals surface area contributed by atoms with Gasteiger partial charge in [0.05, 0.1) is 0 Å². The van der Waals surface area contributed by atoms with E-state index >= 15 is 0 Å². The predicted octanol–water partition coefficient (Wildman–Crippen LogP) is 2.66. The van der Waals surface area contributed by atoms with Crippen molar-refractivity contribution in [1.29, 1.82) is 0 Å². The van der Waals surface area contributed by atoms with Gasteiger partial charge in [0, 0.05) is 11.0 Å². The van der Waals surface area contributed by atoms with Crippen molar-refractivity contribution >= 4 is 21.5 Å². The van der Waals surface area contributed by atoms with Crippen molar-refractivity contribution < 1.29 is 0 Å². The van der Waals surface area contributed by atoms with Crippen molar-refractivity contribution in [2.45, 2.75) is 13.3 Å². The minimum atomic E-state index is 0.642. The maximum atomic E-state index is 5.67. The molecule has 1 aromatic rings. The second-order valence-electron chi connectivity index (χ2n) is 3.39. The van der Waals surface area contributed by atoms with Crippen molar-refractivity contribution in [1.82, 2.24) is 0 Å². The molecule has 0 spiro atoms. The van der Waals surface area contributed by atoms with Gasteiger partial charge in [-0.25, -0.2) is 0 Å². The molecular formula is C11H12BrN. The van der Waals surface area contributed by atoms with Crippen LogP contribution in [0.3, 0.4) is 0 Å². The molecule has 1 aliphatic rings. The quantitative estimate of drug-likeness (QED) is 0.799. The summed E-state index contributed by atoms with van der Waals surface area (Å²) in [5, 5.41) is 0. The molecule has 0 amide bonds. The van der Waals surface area contributed by atoms with Crippen LogP contribution in [0.25, 0.3) is 5.57 Å². The third-order valence-corrected chi connectivity index (χ3v) is 3.01. The summed E-state index contributed by atoms with van der Waals surface area (Å²) in [7, 11) is 0. The fraction of sp³-hybridized carbons (Fsp3) is 0.273. The maximum absolute atomic E-state index is 5.67. The van der Waals surface area contributed by atoms with Crippen molar-refractivity contribution in [2.24, 2.45) is 5.73 Å². The Hall–Kier alpha value is -0.600. The highest BCUT2D eigenvalue weighted by Gasteiger charge is 2.15. The van der Waals surface area contributed by atoms with Crippen molar-refractivity contribution in [2.75, 3.05) is 6.54 Å². The zero-order valence-electron chi connectivity index (χ0n) is 7.60. The predicted molar refractivity (Wildman–Crippen MR) is 59.6 cm³/mol. The van der Waals surface area contributed by atoms with Gasteiger partial charge < -0.3 is 5.73 Å². The van der Waals surface area contributed by atoms with Gasteiger partial charge in [-0.2, -0.15) is 0 Å². The summed E-state index contributed by atoms with van der Waals surface area (Å²) in [6.45, 7) is 2.79. The Labute approximate surface area is 86.8 Å². The molecule has 0 aromatic heterocycles. The van der Waals surface area contributed by atoms with E-state index in [1.165, 1.54) is 22.3 Å². The molecule has 0 heterocycles. The number of hydrogen-bond donors (Lipinski definition) is 1. The van der Waals surface area contributed by atoms with Gasteiger partial charge in [0.2, 0.25) is 0 Å². The van der Waals surface area contributed by atoms with E-state index < -0.39 is 0 Å². The lowest BCUT2D eigenvalue weighted by molar-refractivity contribution is 1.23. The average Bonchev–Trinajstić information content (AvgIpc) is 2.47. The van der Waals surface area contributed by atoms with Gasteiger partial charge in [-0.1, -0.05) is 22.0 Å². The van der Waals surface area contributed by atoms with Crippen LogP contribution in [0.1, 0.15) is 16.7 Å². The maximum Gasteiger partial charge on any atom is 0.0184 e. The number of allylic oxidation sites excluding steroid dienone is 1. The van der Waals surface area contributed by atoms with E-state index in [2.05, 4.69) is 41.1 Å². The van der Waals surface area contributed by atoms with E-state index in [9.17, 15) is 0 Å². The molecule has 0 unspecified atom stereocenters. The molecule has 0 bridgehead atoms. The van der Waals surface area contributed by atoms with Crippen molar-refractivity contribution in [3.05, 3.63) is 39.4 Å². The van der Waals surface area contributed by atoms with Gasteiger partial charge >= 0.3 is 0 Å². The highest BCUT2D eigenvalue weighted by molar-refractivity contribution is 9.10. The highest BCUT2D eigenvalue weighted by atomic mass is 79.9. The second-order valence-corrected chi connectivity index (χ2v) is 4.30. The Morgan fingerprint density at radius 2 is 2.23 bits per heavy atom. The first-order valence-electron chi connectivity index (χ1n) is 4.41. The molecule has 0 atom stereocenters. The zero-order chi connectivity index (χ0) is 9.42. The Kier molecular flexibility index (Phi) is 2.26. The molecule has 0 saturated heterocycles. The van der Waals surface area contributed by atoms with Gasteiger partial charge in [0.25, 0.3) is 0 Å². The fourth-order valence-electron chi connectivity index (χ4n) is 1.86. The third-order valence-electron chi connectivity index (χ3n) is 2.56. The minimum Gasteiger partial charge on any atom is -0.326 e. The molecule has 1 aromatic carbocycles. The Bertz CT molecular complexity index is 380. The number of aryl methyl sites for hydroxylation is 1. The number of fused-ring (bicyclic) bond motifs is 1. The van der Waals surface area contributed by atoms with Gasteiger partial charge in [-0.3, -0.25) is 0 Å². The monoisotopic (exact) mass is 237 g/mol. The lowest BCUT2D eigenvalue weighted by Crippen LogP contribution is -2.01. The minimum absolute atomic E-state index is 0.642. The lowest BCUT2D eigenvalue weighted by Gasteiger charge is -2.07. The molecular weight excluding hydrogens is 226 g/mol. The Morgan fingerprint density at radius 3 is 2.92 bits per heavy atom. The first kappa shape index (κ1) is 8.97. The normalized spacial score (nSPS) is 14.2. The molecule has 2 rings (SSSR count). The summed E-state index contributed by atoms with van der Waals surface area (Å²) in [4.78, 5) is 0. The molecule has 0 aliphatic heterocycles. The van der Waals surface area contributed by atoms with Crippen LogP contribution in [0.4, 0.5) is 0 Å². The van der Waals surface area contributed by atoms with Crippen LogP contribution in [-0.4, -0.2) is 6.54 Å². The molecule has 68 valence electrons. The van der Waals surface area contributed by atoms with Gasteiger partial charge in [-0.05, 0) is 47.7 Å². The summed E-state index contributed by atoms with van der Waals surface area (Å²) in [5.41, 5.74) is 11.1. The molecule has 0 radical (unpaired) electrons. The summed E-state index contributed by atoms with van der Waals surface area (Å²) < 4.78 is 1.14. The number of halogens is 1. The number of rotatable bonds is 1. The number of benzene rings is 1. The summed E-state index contributed by atoms with van der Waals surface area (Å²) >= 11 is 3.50. The van der Waals surface area contributed by atoms with Crippen molar-refractivity contribution in [3.8, 4) is 0 Å². The summed E-state index contributed by atoms with van der Waals surface area (Å²) in [6.07, 6.45) is 3.27. The number of nitrogens with two attached hydrogens (primary N) is 1. The van der Waals surface area contributed by atoms with Crippen LogP contribution in [0.2, 0.25) is 0 Å². The average molecular weight is 238 g/mol. The molecule has 1 aliphatic carbocycles. The van der Waals surface area contributed by atoms with E-state index in [1.54, 1.807) is 0 Å². The second kappa shape index (κ2) is 3.28. The fourth-order valence-corrected chi connectivity index (χ4v) is 2.43. The Morgan fingerprint density at radius 1 is 1.46 bits per heavy atom. The van der Waals surface area contributed by atoms with Crippen LogP contribution in [0.5, 0.6) is 0 Å². The van der Waals surface area contributed by atoms with Crippen LogP contribution in [0, 0.1) is 6.92 Å².